The van der Waals surface area contributed by atoms with E-state index < -0.39 is 22.5 Å². The predicted octanol–water partition coefficient (Wildman–Crippen LogP) is 3.51. The molecule has 0 aromatic heterocycles. The number of nitrogens with one attached hydrogen (secondary N) is 1. The molecular weight excluding hydrogens is 482 g/mol. The molecule has 10 heteroatoms. The molecule has 0 atom stereocenters. The van der Waals surface area contributed by atoms with Gasteiger partial charge >= 0.3 is 0 Å². The van der Waals surface area contributed by atoms with Gasteiger partial charge in [0.05, 0.1) is 32.4 Å². The molecule has 0 aliphatic rings. The van der Waals surface area contributed by atoms with Crippen LogP contribution in [0.15, 0.2) is 71.8 Å². The summed E-state index contributed by atoms with van der Waals surface area (Å²) >= 11 is 0. The molecule has 0 heterocycles. The van der Waals surface area contributed by atoms with Crippen LogP contribution in [0.3, 0.4) is 0 Å². The van der Waals surface area contributed by atoms with Crippen molar-refractivity contribution in [3.05, 3.63) is 83.4 Å². The maximum Gasteiger partial charge on any atom is 0.260 e. The first-order valence-electron chi connectivity index (χ1n) is 11.0. The molecule has 3 rings (SSSR count). The molecule has 9 nitrogen and oxygen atoms in total. The Morgan fingerprint density at radius 2 is 1.64 bits per heavy atom. The fourth-order valence-corrected chi connectivity index (χ4v) is 4.08. The van der Waals surface area contributed by atoms with E-state index in [0.29, 0.717) is 18.1 Å². The van der Waals surface area contributed by atoms with Gasteiger partial charge in [-0.3, -0.25) is 9.10 Å². The Kier molecular flexibility index (Phi) is 8.91. The van der Waals surface area contributed by atoms with Gasteiger partial charge in [0.1, 0.15) is 30.4 Å². The van der Waals surface area contributed by atoms with Crippen LogP contribution in [0.5, 0.6) is 17.2 Å². The van der Waals surface area contributed by atoms with Crippen LogP contribution >= 0.6 is 0 Å². The minimum absolute atomic E-state index is 0.209. The summed E-state index contributed by atoms with van der Waals surface area (Å²) in [7, 11) is -0.898. The Morgan fingerprint density at radius 1 is 0.972 bits per heavy atom. The zero-order valence-corrected chi connectivity index (χ0v) is 21.4. The molecular formula is C26H29N3O6S. The number of sulfonamides is 1. The Morgan fingerprint density at radius 3 is 2.25 bits per heavy atom. The zero-order chi connectivity index (χ0) is 26.1. The van der Waals surface area contributed by atoms with Crippen LogP contribution in [0.1, 0.15) is 16.7 Å². The number of carbonyl (C=O) groups excluding carboxylic acids is 1. The smallest absolute Gasteiger partial charge is 0.260 e. The molecule has 1 N–H and O–H groups in total. The second-order valence-corrected chi connectivity index (χ2v) is 9.85. The van der Waals surface area contributed by atoms with Gasteiger partial charge in [0, 0.05) is 6.07 Å². The molecule has 0 saturated carbocycles. The molecule has 0 fully saturated rings. The third-order valence-electron chi connectivity index (χ3n) is 5.15. The van der Waals surface area contributed by atoms with Crippen LogP contribution < -0.4 is 23.9 Å². The summed E-state index contributed by atoms with van der Waals surface area (Å²) in [5, 5.41) is 3.93. The molecule has 36 heavy (non-hydrogen) atoms. The van der Waals surface area contributed by atoms with E-state index in [-0.39, 0.29) is 11.4 Å². The Hall–Kier alpha value is -4.05. The van der Waals surface area contributed by atoms with E-state index in [1.54, 1.807) is 30.3 Å². The summed E-state index contributed by atoms with van der Waals surface area (Å²) in [6, 6.07) is 20.0. The van der Waals surface area contributed by atoms with Gasteiger partial charge in [0.2, 0.25) is 10.0 Å². The first kappa shape index (κ1) is 26.6. The number of methoxy groups -OCH3 is 2. The highest BCUT2D eigenvalue weighted by atomic mass is 32.2. The zero-order valence-electron chi connectivity index (χ0n) is 20.6. The lowest BCUT2D eigenvalue weighted by Crippen LogP contribution is -2.39. The topological polar surface area (TPSA) is 107 Å². The second-order valence-electron chi connectivity index (χ2n) is 7.94. The summed E-state index contributed by atoms with van der Waals surface area (Å²) in [6.07, 6.45) is 2.47. The van der Waals surface area contributed by atoms with Crippen LogP contribution in [-0.2, 0) is 21.4 Å². The lowest BCUT2D eigenvalue weighted by molar-refractivity contribution is -0.119. The van der Waals surface area contributed by atoms with E-state index in [9.17, 15) is 13.2 Å². The van der Waals surface area contributed by atoms with Gasteiger partial charge in [0.15, 0.2) is 0 Å². The van der Waals surface area contributed by atoms with Gasteiger partial charge < -0.3 is 14.2 Å². The first-order chi connectivity index (χ1) is 17.2. The number of nitrogens with zero attached hydrogens (tertiary/aromatic N) is 2. The fourth-order valence-electron chi connectivity index (χ4n) is 3.22. The second kappa shape index (κ2) is 12.1. The molecule has 3 aromatic carbocycles. The Bertz CT molecular complexity index is 1310. The van der Waals surface area contributed by atoms with Crippen molar-refractivity contribution in [3.8, 4) is 17.2 Å². The van der Waals surface area contributed by atoms with E-state index in [4.69, 9.17) is 14.2 Å². The lowest BCUT2D eigenvalue weighted by Gasteiger charge is -2.23. The van der Waals surface area contributed by atoms with E-state index >= 15 is 0 Å². The van der Waals surface area contributed by atoms with Crippen LogP contribution in [0.2, 0.25) is 0 Å². The average Bonchev–Trinajstić information content (AvgIpc) is 2.86. The van der Waals surface area contributed by atoms with Crippen molar-refractivity contribution in [1.82, 2.24) is 5.43 Å². The predicted molar refractivity (Wildman–Crippen MR) is 139 cm³/mol. The van der Waals surface area contributed by atoms with Gasteiger partial charge in [-0.05, 0) is 54.4 Å². The summed E-state index contributed by atoms with van der Waals surface area (Å²) in [5.74, 6) is 0.826. The van der Waals surface area contributed by atoms with Crippen molar-refractivity contribution >= 4 is 27.8 Å². The summed E-state index contributed by atoms with van der Waals surface area (Å²) in [5.41, 5.74) is 5.56. The summed E-state index contributed by atoms with van der Waals surface area (Å²) in [4.78, 5) is 12.5. The molecule has 1 amide bonds. The van der Waals surface area contributed by atoms with Crippen molar-refractivity contribution in [2.24, 2.45) is 5.10 Å². The van der Waals surface area contributed by atoms with Crippen molar-refractivity contribution in [2.75, 3.05) is 31.3 Å². The number of anilines is 1. The molecule has 0 radical (unpaired) electrons. The molecule has 190 valence electrons. The number of hydrogen-bond donors (Lipinski definition) is 1. The van der Waals surface area contributed by atoms with Crippen LogP contribution in [-0.4, -0.2) is 47.6 Å². The maximum atomic E-state index is 12.5. The monoisotopic (exact) mass is 511 g/mol. The minimum Gasteiger partial charge on any atom is -0.497 e. The quantitative estimate of drug-likeness (QED) is 0.312. The van der Waals surface area contributed by atoms with E-state index in [1.165, 1.54) is 38.1 Å². The molecule has 0 aliphatic heterocycles. The maximum absolute atomic E-state index is 12.5. The molecule has 0 unspecified atom stereocenters. The molecule has 0 saturated heterocycles. The third kappa shape index (κ3) is 7.47. The van der Waals surface area contributed by atoms with Gasteiger partial charge in [-0.15, -0.1) is 0 Å². The number of aryl methyl sites for hydroxylation is 1. The highest BCUT2D eigenvalue weighted by molar-refractivity contribution is 7.92. The SMILES string of the molecule is COc1ccc(N(CC(=O)N/N=C\c2ccc(OCc3ccc(C)cc3)cc2)S(C)(=O)=O)c(OC)c1. The van der Waals surface area contributed by atoms with Crippen molar-refractivity contribution in [3.63, 3.8) is 0 Å². The van der Waals surface area contributed by atoms with Crippen molar-refractivity contribution in [2.45, 2.75) is 13.5 Å². The number of amides is 1. The van der Waals surface area contributed by atoms with Crippen molar-refractivity contribution in [1.29, 1.82) is 0 Å². The van der Waals surface area contributed by atoms with Crippen LogP contribution in [0, 0.1) is 6.92 Å². The van der Waals surface area contributed by atoms with E-state index in [1.807, 2.05) is 31.2 Å². The van der Waals surface area contributed by atoms with Crippen LogP contribution in [0.4, 0.5) is 5.69 Å². The average molecular weight is 512 g/mol. The summed E-state index contributed by atoms with van der Waals surface area (Å²) in [6.45, 7) is 2.01. The number of ether oxygens (including phenoxy) is 3. The number of rotatable bonds is 11. The highest BCUT2D eigenvalue weighted by Gasteiger charge is 2.24. The minimum atomic E-state index is -3.79. The number of hydrazone groups is 1. The van der Waals surface area contributed by atoms with Crippen molar-refractivity contribution < 1.29 is 27.4 Å². The third-order valence-corrected chi connectivity index (χ3v) is 6.28. The largest absolute Gasteiger partial charge is 0.497 e. The lowest BCUT2D eigenvalue weighted by atomic mass is 10.2. The van der Waals surface area contributed by atoms with Gasteiger partial charge in [0.25, 0.3) is 5.91 Å². The number of benzene rings is 3. The number of hydrogen-bond acceptors (Lipinski definition) is 7. The van der Waals surface area contributed by atoms with Gasteiger partial charge in [-0.2, -0.15) is 5.10 Å². The standard InChI is InChI=1S/C26H29N3O6S/c1-19-5-7-21(8-6-19)18-35-22-11-9-20(10-12-22)16-27-28-26(30)17-29(36(4,31)32)24-14-13-23(33-2)15-25(24)34-3/h5-16H,17-18H2,1-4H3,(H,28,30)/b27-16-. The molecule has 0 spiro atoms. The van der Waals surface area contributed by atoms with E-state index in [2.05, 4.69) is 10.5 Å². The number of carbonyl (C=O) groups is 1. The molecule has 3 aromatic rings. The molecule has 0 aliphatic carbocycles. The van der Waals surface area contributed by atoms with Crippen LogP contribution in [0.25, 0.3) is 0 Å². The Balaban J connectivity index is 1.59. The Labute approximate surface area is 211 Å². The fraction of sp³-hybridized carbons (Fsp3) is 0.231. The van der Waals surface area contributed by atoms with Gasteiger partial charge in [-0.25, -0.2) is 13.8 Å². The van der Waals surface area contributed by atoms with E-state index in [0.717, 1.165) is 21.7 Å². The van der Waals surface area contributed by atoms with Gasteiger partial charge in [-0.1, -0.05) is 29.8 Å². The first-order valence-corrected chi connectivity index (χ1v) is 12.8. The highest BCUT2D eigenvalue weighted by Crippen LogP contribution is 2.33. The normalized spacial score (nSPS) is 11.2. The molecule has 0 bridgehead atoms. The summed E-state index contributed by atoms with van der Waals surface area (Å²) < 4.78 is 41.9.